The zero-order chi connectivity index (χ0) is 13.0. The molecular formula is C15H18N2O. The Hall–Kier alpha value is -1.82. The van der Waals surface area contributed by atoms with E-state index in [0.717, 1.165) is 31.8 Å². The quantitative estimate of drug-likeness (QED) is 0.800. The van der Waals surface area contributed by atoms with Crippen LogP contribution in [0.4, 0.5) is 0 Å². The van der Waals surface area contributed by atoms with E-state index in [4.69, 9.17) is 5.26 Å². The number of carbonyl (C=O) groups is 1. The summed E-state index contributed by atoms with van der Waals surface area (Å²) in [6, 6.07) is 9.02. The van der Waals surface area contributed by atoms with Crippen molar-refractivity contribution in [2.24, 2.45) is 5.92 Å². The molecule has 1 aromatic carbocycles. The lowest BCUT2D eigenvalue weighted by molar-refractivity contribution is 0.0689. The van der Waals surface area contributed by atoms with Gasteiger partial charge in [0.15, 0.2) is 0 Å². The van der Waals surface area contributed by atoms with Crippen LogP contribution in [0.25, 0.3) is 0 Å². The molecule has 94 valence electrons. The summed E-state index contributed by atoms with van der Waals surface area (Å²) in [5, 5.41) is 8.85. The number of likely N-dealkylation sites (tertiary alicyclic amines) is 1. The molecule has 1 fully saturated rings. The normalized spacial score (nSPS) is 16.3. The molecule has 3 heteroatoms. The topological polar surface area (TPSA) is 44.1 Å². The molecule has 0 bridgehead atoms. The van der Waals surface area contributed by atoms with Gasteiger partial charge in [0.05, 0.1) is 11.6 Å². The van der Waals surface area contributed by atoms with Crippen LogP contribution in [0.3, 0.4) is 0 Å². The van der Waals surface area contributed by atoms with E-state index < -0.39 is 0 Å². The van der Waals surface area contributed by atoms with E-state index in [9.17, 15) is 4.79 Å². The first kappa shape index (κ1) is 12.6. The number of nitrogens with zero attached hydrogens (tertiary/aromatic N) is 2. The molecule has 2 rings (SSSR count). The Bertz CT molecular complexity index is 468. The van der Waals surface area contributed by atoms with E-state index >= 15 is 0 Å². The summed E-state index contributed by atoms with van der Waals surface area (Å²) < 4.78 is 0. The Morgan fingerprint density at radius 1 is 1.44 bits per heavy atom. The fourth-order valence-corrected chi connectivity index (χ4v) is 2.45. The average Bonchev–Trinajstić information content (AvgIpc) is 2.46. The highest BCUT2D eigenvalue weighted by molar-refractivity contribution is 5.94. The first-order valence-corrected chi connectivity index (χ1v) is 6.54. The third-order valence-corrected chi connectivity index (χ3v) is 3.72. The number of rotatable bonds is 2. The first-order chi connectivity index (χ1) is 8.74. The third kappa shape index (κ3) is 2.70. The zero-order valence-corrected chi connectivity index (χ0v) is 10.7. The molecule has 18 heavy (non-hydrogen) atoms. The Balaban J connectivity index is 2.06. The van der Waals surface area contributed by atoms with E-state index in [-0.39, 0.29) is 5.91 Å². The summed E-state index contributed by atoms with van der Waals surface area (Å²) in [6.07, 6.45) is 3.40. The molecule has 1 aliphatic heterocycles. The Labute approximate surface area is 108 Å². The number of piperidine rings is 1. The maximum Gasteiger partial charge on any atom is 0.253 e. The van der Waals surface area contributed by atoms with E-state index in [1.165, 1.54) is 6.42 Å². The van der Waals surface area contributed by atoms with Crippen molar-refractivity contribution in [1.29, 1.82) is 5.26 Å². The molecule has 1 saturated heterocycles. The number of amides is 1. The second-order valence-corrected chi connectivity index (χ2v) is 4.84. The molecule has 0 unspecified atom stereocenters. The third-order valence-electron chi connectivity index (χ3n) is 3.72. The van der Waals surface area contributed by atoms with Gasteiger partial charge < -0.3 is 4.90 Å². The highest BCUT2D eigenvalue weighted by Crippen LogP contribution is 2.21. The largest absolute Gasteiger partial charge is 0.339 e. The van der Waals surface area contributed by atoms with Gasteiger partial charge in [-0.15, -0.1) is 0 Å². The number of nitriles is 1. The Morgan fingerprint density at radius 3 is 2.78 bits per heavy atom. The summed E-state index contributed by atoms with van der Waals surface area (Å²) in [5.41, 5.74) is 1.17. The van der Waals surface area contributed by atoms with Crippen molar-refractivity contribution < 1.29 is 4.79 Å². The van der Waals surface area contributed by atoms with Gasteiger partial charge in [0.25, 0.3) is 5.91 Å². The molecule has 0 N–H and O–H groups in total. The highest BCUT2D eigenvalue weighted by Gasteiger charge is 2.22. The molecule has 1 amide bonds. The smallest absolute Gasteiger partial charge is 0.253 e. The lowest BCUT2D eigenvalue weighted by Crippen LogP contribution is -2.38. The van der Waals surface area contributed by atoms with Gasteiger partial charge in [-0.25, -0.2) is 0 Å². The molecule has 0 atom stereocenters. The van der Waals surface area contributed by atoms with E-state index in [1.54, 1.807) is 24.3 Å². The number of hydrogen-bond acceptors (Lipinski definition) is 2. The molecule has 1 aliphatic rings. The SMILES string of the molecule is CCC1CCN(C(=O)c2cccc(C#N)c2)CC1. The van der Waals surface area contributed by atoms with Crippen LogP contribution in [0.5, 0.6) is 0 Å². The van der Waals surface area contributed by atoms with Crippen LogP contribution in [-0.2, 0) is 0 Å². The number of benzene rings is 1. The highest BCUT2D eigenvalue weighted by atomic mass is 16.2. The molecule has 1 aromatic rings. The molecule has 3 nitrogen and oxygen atoms in total. The minimum absolute atomic E-state index is 0.0571. The van der Waals surface area contributed by atoms with E-state index in [1.807, 2.05) is 4.90 Å². The van der Waals surface area contributed by atoms with Gasteiger partial charge in [-0.1, -0.05) is 19.4 Å². The van der Waals surface area contributed by atoms with Gasteiger partial charge in [-0.2, -0.15) is 5.26 Å². The maximum absolute atomic E-state index is 12.3. The minimum atomic E-state index is 0.0571. The van der Waals surface area contributed by atoms with Gasteiger partial charge in [0, 0.05) is 18.7 Å². The van der Waals surface area contributed by atoms with Gasteiger partial charge in [-0.05, 0) is 37.0 Å². The van der Waals surface area contributed by atoms with Crippen molar-refractivity contribution in [1.82, 2.24) is 4.90 Å². The summed E-state index contributed by atoms with van der Waals surface area (Å²) >= 11 is 0. The van der Waals surface area contributed by atoms with Gasteiger partial charge >= 0.3 is 0 Å². The van der Waals surface area contributed by atoms with Crippen LogP contribution in [0, 0.1) is 17.2 Å². The lowest BCUT2D eigenvalue weighted by atomic mass is 9.94. The lowest BCUT2D eigenvalue weighted by Gasteiger charge is -2.31. The van der Waals surface area contributed by atoms with E-state index in [0.29, 0.717) is 11.1 Å². The summed E-state index contributed by atoms with van der Waals surface area (Å²) in [7, 11) is 0. The summed E-state index contributed by atoms with van der Waals surface area (Å²) in [5.74, 6) is 0.821. The summed E-state index contributed by atoms with van der Waals surface area (Å²) in [6.45, 7) is 3.89. The van der Waals surface area contributed by atoms with Crippen LogP contribution < -0.4 is 0 Å². The fraction of sp³-hybridized carbons (Fsp3) is 0.467. The van der Waals surface area contributed by atoms with Crippen LogP contribution in [-0.4, -0.2) is 23.9 Å². The standard InChI is InChI=1S/C15H18N2O/c1-2-12-6-8-17(9-7-12)15(18)14-5-3-4-13(10-14)11-16/h3-5,10,12H,2,6-9H2,1H3. The van der Waals surface area contributed by atoms with Crippen LogP contribution >= 0.6 is 0 Å². The first-order valence-electron chi connectivity index (χ1n) is 6.54. The fourth-order valence-electron chi connectivity index (χ4n) is 2.45. The second kappa shape index (κ2) is 5.68. The van der Waals surface area contributed by atoms with Crippen molar-refractivity contribution in [3.8, 4) is 6.07 Å². The molecular weight excluding hydrogens is 224 g/mol. The van der Waals surface area contributed by atoms with E-state index in [2.05, 4.69) is 13.0 Å². The predicted octanol–water partition coefficient (Wildman–Crippen LogP) is 2.82. The number of carbonyl (C=O) groups excluding carboxylic acids is 1. The van der Waals surface area contributed by atoms with Crippen molar-refractivity contribution in [3.63, 3.8) is 0 Å². The van der Waals surface area contributed by atoms with Crippen LogP contribution in [0.15, 0.2) is 24.3 Å². The minimum Gasteiger partial charge on any atom is -0.339 e. The van der Waals surface area contributed by atoms with Gasteiger partial charge in [0.1, 0.15) is 0 Å². The van der Waals surface area contributed by atoms with Crippen molar-refractivity contribution in [3.05, 3.63) is 35.4 Å². The van der Waals surface area contributed by atoms with Crippen molar-refractivity contribution >= 4 is 5.91 Å². The van der Waals surface area contributed by atoms with Gasteiger partial charge in [0.2, 0.25) is 0 Å². The van der Waals surface area contributed by atoms with Crippen molar-refractivity contribution in [2.45, 2.75) is 26.2 Å². The molecule has 0 radical (unpaired) electrons. The Morgan fingerprint density at radius 2 is 2.17 bits per heavy atom. The molecule has 0 spiro atoms. The average molecular weight is 242 g/mol. The predicted molar refractivity (Wildman–Crippen MR) is 70.1 cm³/mol. The molecule has 0 aromatic heterocycles. The van der Waals surface area contributed by atoms with Crippen molar-refractivity contribution in [2.75, 3.05) is 13.1 Å². The second-order valence-electron chi connectivity index (χ2n) is 4.84. The monoisotopic (exact) mass is 242 g/mol. The zero-order valence-electron chi connectivity index (χ0n) is 10.7. The number of hydrogen-bond donors (Lipinski definition) is 0. The van der Waals surface area contributed by atoms with Crippen LogP contribution in [0.2, 0.25) is 0 Å². The Kier molecular flexibility index (Phi) is 3.99. The van der Waals surface area contributed by atoms with Gasteiger partial charge in [-0.3, -0.25) is 4.79 Å². The molecule has 0 aliphatic carbocycles. The maximum atomic E-state index is 12.3. The van der Waals surface area contributed by atoms with Crippen LogP contribution in [0.1, 0.15) is 42.1 Å². The summed E-state index contributed by atoms with van der Waals surface area (Å²) in [4.78, 5) is 14.2. The molecule has 0 saturated carbocycles. The molecule has 1 heterocycles.